The number of hydrogen-bond donors (Lipinski definition) is 1. The Morgan fingerprint density at radius 2 is 1.53 bits per heavy atom. The summed E-state index contributed by atoms with van der Waals surface area (Å²) in [5.74, 6) is -0.351. The minimum atomic E-state index is -3.93. The third-order valence-electron chi connectivity index (χ3n) is 4.66. The average molecular weight is 425 g/mol. The van der Waals surface area contributed by atoms with Crippen LogP contribution in [0.25, 0.3) is 0 Å². The van der Waals surface area contributed by atoms with Gasteiger partial charge in [-0.3, -0.25) is 9.10 Å². The number of carbonyl (C=O) groups excluding carboxylic acids is 1. The third-order valence-corrected chi connectivity index (χ3v) is 6.43. The molecular weight excluding hydrogens is 400 g/mol. The van der Waals surface area contributed by atoms with Gasteiger partial charge in [-0.1, -0.05) is 54.6 Å². The second-order valence-corrected chi connectivity index (χ2v) is 8.67. The minimum Gasteiger partial charge on any atom is -0.395 e. The predicted octanol–water partition coefficient (Wildman–Crippen LogP) is 3.15. The first kappa shape index (κ1) is 21.5. The first-order chi connectivity index (χ1) is 14.4. The van der Waals surface area contributed by atoms with Gasteiger partial charge in [-0.05, 0) is 35.9 Å². The van der Waals surface area contributed by atoms with Crippen LogP contribution in [0.5, 0.6) is 0 Å². The second-order valence-electron chi connectivity index (χ2n) is 6.81. The van der Waals surface area contributed by atoms with E-state index in [2.05, 4.69) is 0 Å². The van der Waals surface area contributed by atoms with Crippen LogP contribution in [0.15, 0.2) is 89.8 Å². The van der Waals surface area contributed by atoms with Gasteiger partial charge in [0, 0.05) is 19.2 Å². The highest BCUT2D eigenvalue weighted by Crippen LogP contribution is 2.26. The van der Waals surface area contributed by atoms with Crippen molar-refractivity contribution in [3.8, 4) is 0 Å². The van der Waals surface area contributed by atoms with Crippen LogP contribution in [-0.4, -0.2) is 44.5 Å². The van der Waals surface area contributed by atoms with Gasteiger partial charge in [-0.25, -0.2) is 8.42 Å². The lowest BCUT2D eigenvalue weighted by atomic mass is 10.2. The molecule has 0 saturated heterocycles. The number of aliphatic hydroxyl groups excluding tert-OH is 1. The maximum atomic E-state index is 13.6. The smallest absolute Gasteiger partial charge is 0.264 e. The van der Waals surface area contributed by atoms with Crippen LogP contribution in [0.2, 0.25) is 0 Å². The Balaban J connectivity index is 2.01. The van der Waals surface area contributed by atoms with E-state index in [1.807, 2.05) is 36.4 Å². The van der Waals surface area contributed by atoms with Crippen LogP contribution in [0.4, 0.5) is 5.69 Å². The maximum absolute atomic E-state index is 13.6. The zero-order valence-electron chi connectivity index (χ0n) is 16.7. The van der Waals surface area contributed by atoms with Gasteiger partial charge < -0.3 is 10.0 Å². The summed E-state index contributed by atoms with van der Waals surface area (Å²) < 4.78 is 28.5. The number of benzene rings is 3. The maximum Gasteiger partial charge on any atom is 0.264 e. The average Bonchev–Trinajstić information content (AvgIpc) is 2.78. The van der Waals surface area contributed by atoms with Gasteiger partial charge in [0.25, 0.3) is 15.9 Å². The minimum absolute atomic E-state index is 0.0329. The van der Waals surface area contributed by atoms with Gasteiger partial charge in [0.2, 0.25) is 0 Å². The van der Waals surface area contributed by atoms with Crippen molar-refractivity contribution < 1.29 is 18.3 Å². The number of likely N-dealkylation sites (N-methyl/N-ethyl adjacent to an activating group) is 1. The molecule has 0 aliphatic heterocycles. The summed E-state index contributed by atoms with van der Waals surface area (Å²) in [6.45, 7) is 0.162. The molecule has 0 aliphatic rings. The lowest BCUT2D eigenvalue weighted by Crippen LogP contribution is -2.32. The Kier molecular flexibility index (Phi) is 6.87. The van der Waals surface area contributed by atoms with E-state index in [0.717, 1.165) is 5.56 Å². The van der Waals surface area contributed by atoms with Crippen molar-refractivity contribution in [1.82, 2.24) is 4.90 Å². The number of sulfonamides is 1. The molecule has 0 spiro atoms. The van der Waals surface area contributed by atoms with Gasteiger partial charge in [-0.2, -0.15) is 0 Å². The fraction of sp³-hybridized carbons (Fsp3) is 0.174. The molecule has 0 bridgehead atoms. The van der Waals surface area contributed by atoms with E-state index in [0.29, 0.717) is 5.69 Å². The molecule has 0 atom stereocenters. The molecule has 156 valence electrons. The van der Waals surface area contributed by atoms with Gasteiger partial charge in [0.1, 0.15) is 0 Å². The van der Waals surface area contributed by atoms with E-state index in [1.54, 1.807) is 43.4 Å². The Morgan fingerprint density at radius 1 is 0.900 bits per heavy atom. The van der Waals surface area contributed by atoms with Gasteiger partial charge >= 0.3 is 0 Å². The van der Waals surface area contributed by atoms with Crippen LogP contribution in [0, 0.1) is 0 Å². The molecule has 0 aliphatic carbocycles. The highest BCUT2D eigenvalue weighted by Gasteiger charge is 2.26. The Bertz CT molecular complexity index is 1090. The standard InChI is InChI=1S/C23H24N2O4S/c1-24(15-16-26)23(27)20-11-8-14-22(17-20)30(28,29)25(21-12-6-3-7-13-21)18-19-9-4-2-5-10-19/h2-14,17,26H,15-16,18H2,1H3. The summed E-state index contributed by atoms with van der Waals surface area (Å²) in [6.07, 6.45) is 0. The number of amides is 1. The van der Waals surface area contributed by atoms with E-state index >= 15 is 0 Å². The number of rotatable bonds is 8. The number of aliphatic hydroxyl groups is 1. The van der Waals surface area contributed by atoms with Crippen LogP contribution in [0.1, 0.15) is 15.9 Å². The zero-order chi connectivity index (χ0) is 21.6. The predicted molar refractivity (Wildman–Crippen MR) is 117 cm³/mol. The fourth-order valence-corrected chi connectivity index (χ4v) is 4.55. The van der Waals surface area contributed by atoms with E-state index in [4.69, 9.17) is 5.11 Å². The lowest BCUT2D eigenvalue weighted by molar-refractivity contribution is 0.0766. The Labute approximate surface area is 177 Å². The van der Waals surface area contributed by atoms with Crippen LogP contribution < -0.4 is 4.31 Å². The van der Waals surface area contributed by atoms with Crippen molar-refractivity contribution in [3.63, 3.8) is 0 Å². The van der Waals surface area contributed by atoms with Gasteiger partial charge in [0.15, 0.2) is 0 Å². The second kappa shape index (κ2) is 9.56. The molecule has 0 fully saturated rings. The van der Waals surface area contributed by atoms with E-state index in [-0.39, 0.29) is 36.1 Å². The highest BCUT2D eigenvalue weighted by atomic mass is 32.2. The summed E-state index contributed by atoms with van der Waals surface area (Å²) in [6, 6.07) is 24.2. The summed E-state index contributed by atoms with van der Waals surface area (Å²) in [5.41, 5.74) is 1.63. The summed E-state index contributed by atoms with van der Waals surface area (Å²) in [4.78, 5) is 13.9. The molecule has 0 unspecified atom stereocenters. The van der Waals surface area contributed by atoms with Crippen molar-refractivity contribution >= 4 is 21.6 Å². The number of anilines is 1. The first-order valence-corrected chi connectivity index (χ1v) is 11.0. The summed E-state index contributed by atoms with van der Waals surface area (Å²) >= 11 is 0. The van der Waals surface area contributed by atoms with Gasteiger partial charge in [0.05, 0.1) is 23.7 Å². The van der Waals surface area contributed by atoms with Crippen molar-refractivity contribution in [2.45, 2.75) is 11.4 Å². The molecule has 0 heterocycles. The van der Waals surface area contributed by atoms with E-state index < -0.39 is 10.0 Å². The first-order valence-electron chi connectivity index (χ1n) is 9.51. The molecule has 1 amide bonds. The van der Waals surface area contributed by atoms with Crippen molar-refractivity contribution in [3.05, 3.63) is 96.1 Å². The zero-order valence-corrected chi connectivity index (χ0v) is 17.5. The molecule has 6 nitrogen and oxygen atoms in total. The molecule has 30 heavy (non-hydrogen) atoms. The molecule has 0 aromatic heterocycles. The quantitative estimate of drug-likeness (QED) is 0.603. The van der Waals surface area contributed by atoms with Crippen LogP contribution in [-0.2, 0) is 16.6 Å². The largest absolute Gasteiger partial charge is 0.395 e. The van der Waals surface area contributed by atoms with Gasteiger partial charge in [-0.15, -0.1) is 0 Å². The monoisotopic (exact) mass is 424 g/mol. The topological polar surface area (TPSA) is 77.9 Å². The van der Waals surface area contributed by atoms with Crippen molar-refractivity contribution in [2.24, 2.45) is 0 Å². The molecule has 0 saturated carbocycles. The Morgan fingerprint density at radius 3 is 2.17 bits per heavy atom. The molecule has 3 aromatic carbocycles. The molecular formula is C23H24N2O4S. The number of carbonyl (C=O) groups is 1. The highest BCUT2D eigenvalue weighted by molar-refractivity contribution is 7.92. The third kappa shape index (κ3) is 4.87. The molecule has 0 radical (unpaired) electrons. The number of nitrogens with zero attached hydrogens (tertiary/aromatic N) is 2. The normalized spacial score (nSPS) is 11.1. The van der Waals surface area contributed by atoms with E-state index in [9.17, 15) is 13.2 Å². The molecule has 3 rings (SSSR count). The summed E-state index contributed by atoms with van der Waals surface area (Å²) in [7, 11) is -2.37. The van der Waals surface area contributed by atoms with Crippen LogP contribution in [0.3, 0.4) is 0 Å². The van der Waals surface area contributed by atoms with E-state index in [1.165, 1.54) is 21.3 Å². The number of para-hydroxylation sites is 1. The number of hydrogen-bond acceptors (Lipinski definition) is 4. The van der Waals surface area contributed by atoms with Crippen molar-refractivity contribution in [2.75, 3.05) is 24.5 Å². The molecule has 1 N–H and O–H groups in total. The Hall–Kier alpha value is -3.16. The lowest BCUT2D eigenvalue weighted by Gasteiger charge is -2.25. The molecule has 7 heteroatoms. The SMILES string of the molecule is CN(CCO)C(=O)c1cccc(S(=O)(=O)N(Cc2ccccc2)c2ccccc2)c1. The summed E-state index contributed by atoms with van der Waals surface area (Å²) in [5, 5.41) is 9.06. The van der Waals surface area contributed by atoms with Crippen molar-refractivity contribution in [1.29, 1.82) is 0 Å². The molecule has 3 aromatic rings. The van der Waals surface area contributed by atoms with Crippen LogP contribution >= 0.6 is 0 Å². The fourth-order valence-electron chi connectivity index (χ4n) is 3.05.